The number of carboxylic acids is 1. The number of aliphatic carboxylic acids is 1. The molecule has 0 saturated carbocycles. The second-order valence-electron chi connectivity index (χ2n) is 2.63. The lowest BCUT2D eigenvalue weighted by Gasteiger charge is -2.02. The van der Waals surface area contributed by atoms with Crippen LogP contribution in [0.25, 0.3) is 0 Å². The molecule has 1 aromatic rings. The summed E-state index contributed by atoms with van der Waals surface area (Å²) in [4.78, 5) is 20.7. The van der Waals surface area contributed by atoms with Crippen molar-refractivity contribution >= 4 is 12.3 Å². The van der Waals surface area contributed by atoms with Crippen LogP contribution in [-0.4, -0.2) is 24.5 Å². The molecule has 0 unspecified atom stereocenters. The van der Waals surface area contributed by atoms with Gasteiger partial charge in [0.25, 0.3) is 0 Å². The third-order valence-electron chi connectivity index (χ3n) is 1.66. The summed E-state index contributed by atoms with van der Waals surface area (Å²) >= 11 is 0. The number of aldehydes is 1. The Morgan fingerprint density at radius 2 is 2.27 bits per heavy atom. The van der Waals surface area contributed by atoms with Crippen LogP contribution in [0.2, 0.25) is 0 Å². The van der Waals surface area contributed by atoms with Gasteiger partial charge in [-0.3, -0.25) is 4.79 Å². The van der Waals surface area contributed by atoms with E-state index in [2.05, 4.69) is 5.92 Å². The van der Waals surface area contributed by atoms with E-state index in [0.717, 1.165) is 0 Å². The SMILES string of the molecule is COc1ccc(C=O)cc1C#CC(=O)O. The topological polar surface area (TPSA) is 63.6 Å². The molecule has 0 aliphatic rings. The second-order valence-corrected chi connectivity index (χ2v) is 2.63. The van der Waals surface area contributed by atoms with Crippen molar-refractivity contribution in [2.24, 2.45) is 0 Å². The molecule has 15 heavy (non-hydrogen) atoms. The molecule has 1 N–H and O–H groups in total. The molecule has 0 saturated heterocycles. The minimum absolute atomic E-state index is 0.379. The molecule has 0 heterocycles. The number of methoxy groups -OCH3 is 1. The lowest BCUT2D eigenvalue weighted by atomic mass is 10.1. The van der Waals surface area contributed by atoms with Crippen LogP contribution in [0.1, 0.15) is 15.9 Å². The van der Waals surface area contributed by atoms with Crippen molar-refractivity contribution in [3.63, 3.8) is 0 Å². The number of carbonyl (C=O) groups is 2. The molecule has 0 spiro atoms. The smallest absolute Gasteiger partial charge is 0.382 e. The third-order valence-corrected chi connectivity index (χ3v) is 1.66. The highest BCUT2D eigenvalue weighted by Crippen LogP contribution is 2.17. The molecular weight excluding hydrogens is 196 g/mol. The van der Waals surface area contributed by atoms with Gasteiger partial charge in [-0.2, -0.15) is 0 Å². The van der Waals surface area contributed by atoms with Gasteiger partial charge in [-0.1, -0.05) is 5.92 Å². The van der Waals surface area contributed by atoms with Crippen LogP contribution in [0.4, 0.5) is 0 Å². The maximum Gasteiger partial charge on any atom is 0.382 e. The average Bonchev–Trinajstić information content (AvgIpc) is 2.25. The zero-order chi connectivity index (χ0) is 11.3. The molecule has 0 radical (unpaired) electrons. The van der Waals surface area contributed by atoms with Crippen molar-refractivity contribution in [3.05, 3.63) is 29.3 Å². The predicted molar refractivity (Wildman–Crippen MR) is 52.9 cm³/mol. The van der Waals surface area contributed by atoms with Crippen LogP contribution in [0.15, 0.2) is 18.2 Å². The highest BCUT2D eigenvalue weighted by molar-refractivity contribution is 5.87. The summed E-state index contributed by atoms with van der Waals surface area (Å²) in [5.41, 5.74) is 0.801. The largest absolute Gasteiger partial charge is 0.495 e. The molecule has 1 rings (SSSR count). The number of carbonyl (C=O) groups excluding carboxylic acids is 1. The monoisotopic (exact) mass is 204 g/mol. The quantitative estimate of drug-likeness (QED) is 0.575. The zero-order valence-corrected chi connectivity index (χ0v) is 7.98. The molecule has 76 valence electrons. The van der Waals surface area contributed by atoms with Gasteiger partial charge >= 0.3 is 5.97 Å². The minimum atomic E-state index is -1.23. The van der Waals surface area contributed by atoms with Crippen molar-refractivity contribution in [2.45, 2.75) is 0 Å². The normalized spacial score (nSPS) is 8.60. The highest BCUT2D eigenvalue weighted by atomic mass is 16.5. The number of hydrogen-bond donors (Lipinski definition) is 1. The lowest BCUT2D eigenvalue weighted by molar-refractivity contribution is -0.130. The molecule has 0 fully saturated rings. The van der Waals surface area contributed by atoms with Gasteiger partial charge in [-0.25, -0.2) is 4.79 Å². The molecule has 4 nitrogen and oxygen atoms in total. The summed E-state index contributed by atoms with van der Waals surface area (Å²) in [6.07, 6.45) is 0.658. The molecule has 0 aliphatic heterocycles. The number of ether oxygens (including phenoxy) is 1. The number of benzene rings is 1. The number of carboxylic acid groups (broad SMARTS) is 1. The summed E-state index contributed by atoms with van der Waals surface area (Å²) in [5, 5.41) is 8.38. The summed E-state index contributed by atoms with van der Waals surface area (Å²) in [6, 6.07) is 4.61. The van der Waals surface area contributed by atoms with E-state index in [1.165, 1.54) is 13.2 Å². The van der Waals surface area contributed by atoms with Crippen molar-refractivity contribution in [1.82, 2.24) is 0 Å². The van der Waals surface area contributed by atoms with Crippen molar-refractivity contribution in [1.29, 1.82) is 0 Å². The van der Waals surface area contributed by atoms with Gasteiger partial charge in [0.2, 0.25) is 0 Å². The fourth-order valence-electron chi connectivity index (χ4n) is 1.02. The summed E-state index contributed by atoms with van der Waals surface area (Å²) in [5.74, 6) is 3.57. The molecule has 1 aromatic carbocycles. The average molecular weight is 204 g/mol. The van der Waals surface area contributed by atoms with Gasteiger partial charge in [-0.05, 0) is 18.2 Å². The van der Waals surface area contributed by atoms with E-state index in [9.17, 15) is 9.59 Å². The van der Waals surface area contributed by atoms with Gasteiger partial charge in [0.05, 0.1) is 12.7 Å². The molecule has 0 atom stereocenters. The van der Waals surface area contributed by atoms with E-state index in [1.807, 2.05) is 5.92 Å². The van der Waals surface area contributed by atoms with Crippen molar-refractivity contribution < 1.29 is 19.4 Å². The highest BCUT2D eigenvalue weighted by Gasteiger charge is 2.01. The lowest BCUT2D eigenvalue weighted by Crippen LogP contribution is -1.92. The first kappa shape index (κ1) is 10.8. The Morgan fingerprint density at radius 1 is 1.53 bits per heavy atom. The van der Waals surface area contributed by atoms with Gasteiger partial charge in [0.1, 0.15) is 12.0 Å². The van der Waals surface area contributed by atoms with Crippen molar-refractivity contribution in [2.75, 3.05) is 7.11 Å². The Kier molecular flexibility index (Phi) is 3.47. The minimum Gasteiger partial charge on any atom is -0.495 e. The van der Waals surface area contributed by atoms with Crippen LogP contribution in [-0.2, 0) is 4.79 Å². The van der Waals surface area contributed by atoms with E-state index < -0.39 is 5.97 Å². The van der Waals surface area contributed by atoms with Crippen LogP contribution in [0.5, 0.6) is 5.75 Å². The first-order valence-corrected chi connectivity index (χ1v) is 4.05. The zero-order valence-electron chi connectivity index (χ0n) is 7.98. The van der Waals surface area contributed by atoms with Crippen LogP contribution < -0.4 is 4.74 Å². The van der Waals surface area contributed by atoms with E-state index in [1.54, 1.807) is 12.1 Å². The van der Waals surface area contributed by atoms with Gasteiger partial charge in [0.15, 0.2) is 0 Å². The fourth-order valence-corrected chi connectivity index (χ4v) is 1.02. The fraction of sp³-hybridized carbons (Fsp3) is 0.0909. The van der Waals surface area contributed by atoms with Crippen LogP contribution >= 0.6 is 0 Å². The van der Waals surface area contributed by atoms with E-state index in [-0.39, 0.29) is 0 Å². The van der Waals surface area contributed by atoms with Gasteiger partial charge < -0.3 is 9.84 Å². The Balaban J connectivity index is 3.19. The molecular formula is C11H8O4. The Bertz CT molecular complexity index is 451. The van der Waals surface area contributed by atoms with E-state index in [4.69, 9.17) is 9.84 Å². The first-order chi connectivity index (χ1) is 7.17. The maximum absolute atomic E-state index is 10.5. The summed E-state index contributed by atoms with van der Waals surface area (Å²) in [6.45, 7) is 0. The second kappa shape index (κ2) is 4.82. The molecule has 0 aromatic heterocycles. The number of hydrogen-bond acceptors (Lipinski definition) is 3. The summed E-state index contributed by atoms with van der Waals surface area (Å²) in [7, 11) is 1.45. The molecule has 4 heteroatoms. The summed E-state index contributed by atoms with van der Waals surface area (Å²) < 4.78 is 4.97. The van der Waals surface area contributed by atoms with Gasteiger partial charge in [0, 0.05) is 11.5 Å². The van der Waals surface area contributed by atoms with Crippen LogP contribution in [0, 0.1) is 11.8 Å². The Hall–Kier alpha value is -2.28. The van der Waals surface area contributed by atoms with E-state index in [0.29, 0.717) is 23.2 Å². The molecule has 0 aliphatic carbocycles. The van der Waals surface area contributed by atoms with E-state index >= 15 is 0 Å². The Labute approximate surface area is 86.5 Å². The van der Waals surface area contributed by atoms with Gasteiger partial charge in [-0.15, -0.1) is 0 Å². The predicted octanol–water partition coefficient (Wildman–Crippen LogP) is 0.944. The first-order valence-electron chi connectivity index (χ1n) is 4.05. The maximum atomic E-state index is 10.5. The Morgan fingerprint density at radius 3 is 2.80 bits per heavy atom. The standard InChI is InChI=1S/C11H8O4/c1-15-10-4-2-8(7-12)6-9(10)3-5-11(13)14/h2,4,6-7H,1H3,(H,13,14). The molecule has 0 amide bonds. The molecule has 0 bridgehead atoms. The third kappa shape index (κ3) is 2.85. The van der Waals surface area contributed by atoms with Crippen LogP contribution in [0.3, 0.4) is 0 Å². The number of rotatable bonds is 2. The van der Waals surface area contributed by atoms with Crippen molar-refractivity contribution in [3.8, 4) is 17.6 Å².